The third-order valence-corrected chi connectivity index (χ3v) is 4.11. The molecule has 0 radical (unpaired) electrons. The van der Waals surface area contributed by atoms with E-state index in [9.17, 15) is 4.39 Å². The Morgan fingerprint density at radius 2 is 1.95 bits per heavy atom. The van der Waals surface area contributed by atoms with Crippen LogP contribution >= 0.6 is 0 Å². The van der Waals surface area contributed by atoms with Crippen LogP contribution < -0.4 is 10.1 Å². The zero-order valence-corrected chi connectivity index (χ0v) is 12.1. The van der Waals surface area contributed by atoms with Crippen LogP contribution in [0.25, 0.3) is 0 Å². The van der Waals surface area contributed by atoms with Crippen molar-refractivity contribution in [2.24, 2.45) is 11.8 Å². The topological polar surface area (TPSA) is 21.3 Å². The Morgan fingerprint density at radius 3 is 2.53 bits per heavy atom. The fourth-order valence-electron chi connectivity index (χ4n) is 3.02. The number of anilines is 1. The lowest BCUT2D eigenvalue weighted by atomic mass is 9.78. The van der Waals surface area contributed by atoms with Gasteiger partial charge >= 0.3 is 0 Å². The number of nitrogens with one attached hydrogen (secondary N) is 1. The first-order valence-corrected chi connectivity index (χ1v) is 7.30. The summed E-state index contributed by atoms with van der Waals surface area (Å²) >= 11 is 0. The van der Waals surface area contributed by atoms with E-state index in [1.807, 2.05) is 13.0 Å². The highest BCUT2D eigenvalue weighted by Gasteiger charge is 2.27. The van der Waals surface area contributed by atoms with E-state index in [1.165, 1.54) is 19.3 Å². The van der Waals surface area contributed by atoms with Gasteiger partial charge in [0.2, 0.25) is 0 Å². The average molecular weight is 265 g/mol. The molecule has 0 aromatic heterocycles. The van der Waals surface area contributed by atoms with E-state index in [0.717, 1.165) is 5.69 Å². The third-order valence-electron chi connectivity index (χ3n) is 4.11. The van der Waals surface area contributed by atoms with Crippen molar-refractivity contribution in [3.63, 3.8) is 0 Å². The van der Waals surface area contributed by atoms with Gasteiger partial charge in [-0.1, -0.05) is 20.3 Å². The largest absolute Gasteiger partial charge is 0.491 e. The van der Waals surface area contributed by atoms with Crippen LogP contribution in [-0.2, 0) is 0 Å². The summed E-state index contributed by atoms with van der Waals surface area (Å²) in [6.45, 7) is 6.90. The van der Waals surface area contributed by atoms with Crippen LogP contribution in [0.3, 0.4) is 0 Å². The van der Waals surface area contributed by atoms with E-state index in [-0.39, 0.29) is 5.82 Å². The maximum Gasteiger partial charge on any atom is 0.167 e. The zero-order chi connectivity index (χ0) is 13.8. The second kappa shape index (κ2) is 6.27. The lowest BCUT2D eigenvalue weighted by Crippen LogP contribution is -2.37. The van der Waals surface area contributed by atoms with Gasteiger partial charge in [0.05, 0.1) is 6.61 Å². The van der Waals surface area contributed by atoms with Gasteiger partial charge in [0, 0.05) is 17.8 Å². The first kappa shape index (κ1) is 14.2. The van der Waals surface area contributed by atoms with E-state index >= 15 is 0 Å². The van der Waals surface area contributed by atoms with Gasteiger partial charge < -0.3 is 10.1 Å². The Kier molecular flexibility index (Phi) is 4.67. The number of rotatable bonds is 4. The van der Waals surface area contributed by atoms with Crippen molar-refractivity contribution >= 4 is 5.69 Å². The molecule has 1 aromatic rings. The summed E-state index contributed by atoms with van der Waals surface area (Å²) in [5, 5.41) is 3.49. The lowest BCUT2D eigenvalue weighted by molar-refractivity contribution is 0.268. The van der Waals surface area contributed by atoms with E-state index < -0.39 is 0 Å². The quantitative estimate of drug-likeness (QED) is 0.867. The molecule has 106 valence electrons. The van der Waals surface area contributed by atoms with Gasteiger partial charge in [0.1, 0.15) is 0 Å². The highest BCUT2D eigenvalue weighted by molar-refractivity contribution is 5.48. The van der Waals surface area contributed by atoms with Crippen LogP contribution in [0, 0.1) is 17.7 Å². The van der Waals surface area contributed by atoms with Crippen molar-refractivity contribution in [1.82, 2.24) is 0 Å². The van der Waals surface area contributed by atoms with Crippen molar-refractivity contribution in [3.8, 4) is 5.75 Å². The van der Waals surface area contributed by atoms with Crippen LogP contribution in [0.2, 0.25) is 0 Å². The molecule has 19 heavy (non-hydrogen) atoms. The van der Waals surface area contributed by atoms with E-state index in [2.05, 4.69) is 19.2 Å². The molecule has 0 bridgehead atoms. The number of halogens is 1. The fourth-order valence-corrected chi connectivity index (χ4v) is 3.02. The Morgan fingerprint density at radius 1 is 1.26 bits per heavy atom. The first-order valence-electron chi connectivity index (χ1n) is 7.30. The van der Waals surface area contributed by atoms with E-state index in [4.69, 9.17) is 4.74 Å². The van der Waals surface area contributed by atoms with Crippen LogP contribution in [-0.4, -0.2) is 12.6 Å². The van der Waals surface area contributed by atoms with Gasteiger partial charge in [-0.05, 0) is 43.7 Å². The van der Waals surface area contributed by atoms with Gasteiger partial charge in [0.25, 0.3) is 0 Å². The highest BCUT2D eigenvalue weighted by Crippen LogP contribution is 2.32. The third kappa shape index (κ3) is 3.40. The molecule has 1 aliphatic rings. The van der Waals surface area contributed by atoms with Gasteiger partial charge in [0.15, 0.2) is 11.6 Å². The molecule has 2 atom stereocenters. The second-order valence-electron chi connectivity index (χ2n) is 5.63. The molecule has 3 heteroatoms. The smallest absolute Gasteiger partial charge is 0.167 e. The molecule has 0 spiro atoms. The van der Waals surface area contributed by atoms with Crippen LogP contribution in [0.5, 0.6) is 5.75 Å². The molecule has 1 fully saturated rings. The molecule has 0 heterocycles. The molecule has 0 amide bonds. The number of hydrogen-bond acceptors (Lipinski definition) is 2. The van der Waals surface area contributed by atoms with E-state index in [1.54, 1.807) is 12.1 Å². The monoisotopic (exact) mass is 265 g/mol. The number of ether oxygens (including phenoxy) is 1. The molecule has 0 aliphatic heterocycles. The number of hydrogen-bond donors (Lipinski definition) is 1. The minimum absolute atomic E-state index is 0.289. The van der Waals surface area contributed by atoms with Crippen molar-refractivity contribution in [2.45, 2.75) is 46.1 Å². The van der Waals surface area contributed by atoms with Crippen LogP contribution in [0.15, 0.2) is 18.2 Å². The molecule has 2 nitrogen and oxygen atoms in total. The molecule has 2 unspecified atom stereocenters. The Balaban J connectivity index is 2.08. The van der Waals surface area contributed by atoms with Crippen molar-refractivity contribution in [1.29, 1.82) is 0 Å². The van der Waals surface area contributed by atoms with Crippen molar-refractivity contribution in [3.05, 3.63) is 24.0 Å². The molecule has 2 rings (SSSR count). The standard InChI is InChI=1S/C16H24FNO/c1-4-19-15-9-8-13(10-14(15)17)18-16-11(2)6-5-7-12(16)3/h8-12,16,18H,4-7H2,1-3H3. The molecule has 0 saturated heterocycles. The summed E-state index contributed by atoms with van der Waals surface area (Å²) in [7, 11) is 0. The summed E-state index contributed by atoms with van der Waals surface area (Å²) in [5.41, 5.74) is 0.853. The Hall–Kier alpha value is -1.25. The molecule has 1 aliphatic carbocycles. The number of benzene rings is 1. The van der Waals surface area contributed by atoms with Gasteiger partial charge in [-0.2, -0.15) is 0 Å². The predicted octanol–water partition coefficient (Wildman–Crippen LogP) is 4.46. The minimum atomic E-state index is -0.289. The minimum Gasteiger partial charge on any atom is -0.491 e. The van der Waals surface area contributed by atoms with Gasteiger partial charge in [-0.3, -0.25) is 0 Å². The van der Waals surface area contributed by atoms with Crippen molar-refractivity contribution < 1.29 is 9.13 Å². The van der Waals surface area contributed by atoms with Crippen LogP contribution in [0.4, 0.5) is 10.1 Å². The molecule has 1 saturated carbocycles. The fraction of sp³-hybridized carbons (Fsp3) is 0.625. The van der Waals surface area contributed by atoms with E-state index in [0.29, 0.717) is 30.2 Å². The normalized spacial score (nSPS) is 27.1. The van der Waals surface area contributed by atoms with Crippen LogP contribution in [0.1, 0.15) is 40.0 Å². The predicted molar refractivity (Wildman–Crippen MR) is 77.2 cm³/mol. The Labute approximate surface area is 115 Å². The first-order chi connectivity index (χ1) is 9.11. The molecular weight excluding hydrogens is 241 g/mol. The maximum absolute atomic E-state index is 13.8. The molecule has 1 aromatic carbocycles. The van der Waals surface area contributed by atoms with Gasteiger partial charge in [-0.25, -0.2) is 4.39 Å². The summed E-state index contributed by atoms with van der Waals surface area (Å²) < 4.78 is 19.0. The van der Waals surface area contributed by atoms with Gasteiger partial charge in [-0.15, -0.1) is 0 Å². The molecular formula is C16H24FNO. The summed E-state index contributed by atoms with van der Waals surface area (Å²) in [6, 6.07) is 5.59. The zero-order valence-electron chi connectivity index (χ0n) is 12.1. The summed E-state index contributed by atoms with van der Waals surface area (Å²) in [5.74, 6) is 1.32. The SMILES string of the molecule is CCOc1ccc(NC2C(C)CCCC2C)cc1F. The summed E-state index contributed by atoms with van der Waals surface area (Å²) in [4.78, 5) is 0. The second-order valence-corrected chi connectivity index (χ2v) is 5.63. The summed E-state index contributed by atoms with van der Waals surface area (Å²) in [6.07, 6.45) is 3.81. The maximum atomic E-state index is 13.8. The lowest BCUT2D eigenvalue weighted by Gasteiger charge is -2.36. The molecule has 1 N–H and O–H groups in total. The Bertz CT molecular complexity index is 411. The average Bonchev–Trinajstić information content (AvgIpc) is 2.37. The van der Waals surface area contributed by atoms with Crippen molar-refractivity contribution in [2.75, 3.05) is 11.9 Å². The highest BCUT2D eigenvalue weighted by atomic mass is 19.1.